The molecule has 0 aromatic carbocycles. The Morgan fingerprint density at radius 2 is 2.21 bits per heavy atom. The van der Waals surface area contributed by atoms with E-state index in [1.54, 1.807) is 7.11 Å². The molecule has 3 heteroatoms. The molecule has 1 fully saturated rings. The summed E-state index contributed by atoms with van der Waals surface area (Å²) in [5, 5.41) is 9.71. The monoisotopic (exact) mass is 201 g/mol. The van der Waals surface area contributed by atoms with E-state index in [1.807, 2.05) is 13.8 Å². The molecule has 1 heterocycles. The molecule has 0 bridgehead atoms. The molecular weight excluding hydrogens is 178 g/mol. The lowest BCUT2D eigenvalue weighted by atomic mass is 9.97. The van der Waals surface area contributed by atoms with E-state index >= 15 is 0 Å². The molecule has 0 spiro atoms. The van der Waals surface area contributed by atoms with Crippen molar-refractivity contribution in [1.29, 1.82) is 0 Å². The molecule has 1 rings (SSSR count). The topological polar surface area (TPSA) is 32.7 Å². The molecule has 84 valence electrons. The van der Waals surface area contributed by atoms with Crippen molar-refractivity contribution in [3.8, 4) is 0 Å². The van der Waals surface area contributed by atoms with Gasteiger partial charge in [0.1, 0.15) is 0 Å². The predicted octanol–water partition coefficient (Wildman–Crippen LogP) is 1.12. The van der Waals surface area contributed by atoms with Gasteiger partial charge in [-0.05, 0) is 39.2 Å². The third-order valence-electron chi connectivity index (χ3n) is 2.62. The summed E-state index contributed by atoms with van der Waals surface area (Å²) in [4.78, 5) is 2.34. The van der Waals surface area contributed by atoms with Crippen LogP contribution < -0.4 is 0 Å². The first-order chi connectivity index (χ1) is 6.51. The number of likely N-dealkylation sites (tertiary alicyclic amines) is 1. The Bertz CT molecular complexity index is 163. The van der Waals surface area contributed by atoms with E-state index < -0.39 is 5.60 Å². The van der Waals surface area contributed by atoms with Gasteiger partial charge in [-0.1, -0.05) is 0 Å². The fourth-order valence-corrected chi connectivity index (χ4v) is 2.21. The Balaban J connectivity index is 2.32. The van der Waals surface area contributed by atoms with Crippen molar-refractivity contribution in [2.75, 3.05) is 33.4 Å². The zero-order valence-corrected chi connectivity index (χ0v) is 9.62. The first-order valence-electron chi connectivity index (χ1n) is 5.45. The van der Waals surface area contributed by atoms with Gasteiger partial charge in [-0.15, -0.1) is 0 Å². The molecule has 1 aliphatic rings. The number of rotatable bonds is 4. The Kier molecular flexibility index (Phi) is 4.35. The van der Waals surface area contributed by atoms with Gasteiger partial charge < -0.3 is 14.7 Å². The summed E-state index contributed by atoms with van der Waals surface area (Å²) in [6.07, 6.45) is 2.49. The molecule has 0 aliphatic carbocycles. The van der Waals surface area contributed by atoms with E-state index in [2.05, 4.69) is 4.90 Å². The lowest BCUT2D eigenvalue weighted by Crippen LogP contribution is -2.44. The first kappa shape index (κ1) is 12.0. The summed E-state index contributed by atoms with van der Waals surface area (Å²) in [5.74, 6) is 0.649. The van der Waals surface area contributed by atoms with Gasteiger partial charge in [-0.25, -0.2) is 0 Å². The number of piperidine rings is 1. The molecule has 3 nitrogen and oxygen atoms in total. The van der Waals surface area contributed by atoms with Crippen molar-refractivity contribution in [3.63, 3.8) is 0 Å². The molecule has 0 saturated carbocycles. The molecule has 0 radical (unpaired) electrons. The van der Waals surface area contributed by atoms with E-state index in [0.29, 0.717) is 5.92 Å². The summed E-state index contributed by atoms with van der Waals surface area (Å²) < 4.78 is 5.17. The third-order valence-corrected chi connectivity index (χ3v) is 2.62. The summed E-state index contributed by atoms with van der Waals surface area (Å²) in [5.41, 5.74) is -0.574. The zero-order chi connectivity index (χ0) is 10.6. The van der Waals surface area contributed by atoms with Crippen LogP contribution in [0, 0.1) is 5.92 Å². The van der Waals surface area contributed by atoms with Gasteiger partial charge in [0, 0.05) is 20.2 Å². The maximum atomic E-state index is 9.71. The fraction of sp³-hybridized carbons (Fsp3) is 1.00. The molecule has 0 aromatic heterocycles. The minimum Gasteiger partial charge on any atom is -0.389 e. The smallest absolute Gasteiger partial charge is 0.0718 e. The number of hydrogen-bond donors (Lipinski definition) is 1. The lowest BCUT2D eigenvalue weighted by Gasteiger charge is -2.35. The van der Waals surface area contributed by atoms with Crippen LogP contribution >= 0.6 is 0 Å². The van der Waals surface area contributed by atoms with Crippen molar-refractivity contribution in [2.45, 2.75) is 32.3 Å². The largest absolute Gasteiger partial charge is 0.389 e. The molecule has 1 unspecified atom stereocenters. The van der Waals surface area contributed by atoms with Crippen molar-refractivity contribution < 1.29 is 9.84 Å². The van der Waals surface area contributed by atoms with Gasteiger partial charge in [-0.2, -0.15) is 0 Å². The fourth-order valence-electron chi connectivity index (χ4n) is 2.21. The van der Waals surface area contributed by atoms with Crippen molar-refractivity contribution in [3.05, 3.63) is 0 Å². The molecule has 1 atom stereocenters. The van der Waals surface area contributed by atoms with Crippen LogP contribution in [0.2, 0.25) is 0 Å². The molecular formula is C11H23NO2. The van der Waals surface area contributed by atoms with Crippen LogP contribution in [0.1, 0.15) is 26.7 Å². The maximum absolute atomic E-state index is 9.71. The van der Waals surface area contributed by atoms with Gasteiger partial charge in [0.25, 0.3) is 0 Å². The molecule has 1 saturated heterocycles. The second-order valence-corrected chi connectivity index (χ2v) is 5.01. The molecule has 1 N–H and O–H groups in total. The van der Waals surface area contributed by atoms with Crippen LogP contribution in [0.4, 0.5) is 0 Å². The van der Waals surface area contributed by atoms with Crippen molar-refractivity contribution in [2.24, 2.45) is 5.92 Å². The first-order valence-corrected chi connectivity index (χ1v) is 5.45. The number of aliphatic hydroxyl groups is 1. The average molecular weight is 201 g/mol. The summed E-state index contributed by atoms with van der Waals surface area (Å²) in [7, 11) is 1.76. The maximum Gasteiger partial charge on any atom is 0.0718 e. The van der Waals surface area contributed by atoms with Crippen LogP contribution in [0.15, 0.2) is 0 Å². The number of methoxy groups -OCH3 is 1. The minimum absolute atomic E-state index is 0.574. The molecule has 1 aliphatic heterocycles. The van der Waals surface area contributed by atoms with Gasteiger partial charge in [0.05, 0.1) is 12.2 Å². The summed E-state index contributed by atoms with van der Waals surface area (Å²) in [6, 6.07) is 0. The molecule has 0 aromatic rings. The Hall–Kier alpha value is -0.120. The highest BCUT2D eigenvalue weighted by Crippen LogP contribution is 2.18. The average Bonchev–Trinajstić information content (AvgIpc) is 2.02. The van der Waals surface area contributed by atoms with E-state index in [0.717, 1.165) is 26.2 Å². The van der Waals surface area contributed by atoms with Crippen LogP contribution in [-0.4, -0.2) is 49.0 Å². The van der Waals surface area contributed by atoms with E-state index in [9.17, 15) is 5.11 Å². The number of ether oxygens (including phenoxy) is 1. The van der Waals surface area contributed by atoms with E-state index in [-0.39, 0.29) is 0 Å². The van der Waals surface area contributed by atoms with Gasteiger partial charge >= 0.3 is 0 Å². The standard InChI is InChI=1S/C11H23NO2/c1-11(2,13)9-12-6-4-5-10(7-12)8-14-3/h10,13H,4-9H2,1-3H3. The van der Waals surface area contributed by atoms with Gasteiger partial charge in [-0.3, -0.25) is 0 Å². The highest BCUT2D eigenvalue weighted by molar-refractivity contribution is 4.78. The predicted molar refractivity (Wildman–Crippen MR) is 57.3 cm³/mol. The third kappa shape index (κ3) is 4.40. The van der Waals surface area contributed by atoms with Crippen LogP contribution in [0.3, 0.4) is 0 Å². The Morgan fingerprint density at radius 3 is 2.79 bits per heavy atom. The highest BCUT2D eigenvalue weighted by atomic mass is 16.5. The minimum atomic E-state index is -0.574. The summed E-state index contributed by atoms with van der Waals surface area (Å²) in [6.45, 7) is 7.54. The number of β-amino-alcohol motifs (C(OH)–C–C–N with tert-alkyl or cyclic N) is 1. The SMILES string of the molecule is COCC1CCCN(CC(C)(C)O)C1. The number of hydrogen-bond acceptors (Lipinski definition) is 3. The zero-order valence-electron chi connectivity index (χ0n) is 9.62. The molecule has 0 amide bonds. The Morgan fingerprint density at radius 1 is 1.50 bits per heavy atom. The molecule has 14 heavy (non-hydrogen) atoms. The van der Waals surface area contributed by atoms with Gasteiger partial charge in [0.2, 0.25) is 0 Å². The number of nitrogens with zero attached hydrogens (tertiary/aromatic N) is 1. The Labute approximate surface area is 87.1 Å². The van der Waals surface area contributed by atoms with Crippen molar-refractivity contribution in [1.82, 2.24) is 4.90 Å². The van der Waals surface area contributed by atoms with Crippen molar-refractivity contribution >= 4 is 0 Å². The van der Waals surface area contributed by atoms with E-state index in [4.69, 9.17) is 4.74 Å². The lowest BCUT2D eigenvalue weighted by molar-refractivity contribution is 0.0116. The summed E-state index contributed by atoms with van der Waals surface area (Å²) >= 11 is 0. The highest BCUT2D eigenvalue weighted by Gasteiger charge is 2.24. The quantitative estimate of drug-likeness (QED) is 0.739. The van der Waals surface area contributed by atoms with Crippen LogP contribution in [0.5, 0.6) is 0 Å². The van der Waals surface area contributed by atoms with Crippen LogP contribution in [0.25, 0.3) is 0 Å². The van der Waals surface area contributed by atoms with Gasteiger partial charge in [0.15, 0.2) is 0 Å². The second-order valence-electron chi connectivity index (χ2n) is 5.01. The normalized spacial score (nSPS) is 25.3. The van der Waals surface area contributed by atoms with Crippen LogP contribution in [-0.2, 0) is 4.74 Å². The second kappa shape index (κ2) is 5.10. The van der Waals surface area contributed by atoms with E-state index in [1.165, 1.54) is 12.8 Å².